The maximum atomic E-state index is 15.2. The van der Waals surface area contributed by atoms with E-state index in [1.807, 2.05) is 0 Å². The van der Waals surface area contributed by atoms with Crippen LogP contribution in [0.2, 0.25) is 0 Å². The minimum atomic E-state index is -3.45. The molecule has 1 aliphatic heterocycles. The Morgan fingerprint density at radius 3 is 2.59 bits per heavy atom. The molecule has 39 heavy (non-hydrogen) atoms. The number of alkyl halides is 2. The molecule has 1 fully saturated rings. The van der Waals surface area contributed by atoms with Crippen molar-refractivity contribution in [1.82, 2.24) is 14.6 Å². The molecule has 1 aromatic heterocycles. The first kappa shape index (κ1) is 34.0. The number of hydrogen-bond acceptors (Lipinski definition) is 10. The number of rotatable bonds is 12. The number of halogens is 3. The molecular formula is C22H33ClF2N3O8PS2. The highest BCUT2D eigenvalue weighted by molar-refractivity contribution is 8.13. The molecule has 1 aromatic rings. The lowest BCUT2D eigenvalue weighted by Crippen LogP contribution is -2.38. The highest BCUT2D eigenvalue weighted by Crippen LogP contribution is 2.48. The van der Waals surface area contributed by atoms with E-state index in [1.54, 1.807) is 39.6 Å². The summed E-state index contributed by atoms with van der Waals surface area (Å²) in [4.78, 5) is 49.7. The van der Waals surface area contributed by atoms with E-state index in [9.17, 15) is 23.6 Å². The summed E-state index contributed by atoms with van der Waals surface area (Å²) in [5.41, 5.74) is -2.95. The van der Waals surface area contributed by atoms with Crippen molar-refractivity contribution in [3.05, 3.63) is 32.9 Å². The Morgan fingerprint density at radius 1 is 1.36 bits per heavy atom. The molecule has 0 saturated carbocycles. The summed E-state index contributed by atoms with van der Waals surface area (Å²) >= 11 is 12.6. The number of nitrogens with one attached hydrogen (secondary N) is 2. The number of esters is 1. The van der Waals surface area contributed by atoms with Gasteiger partial charge in [-0.1, -0.05) is 44.1 Å². The Labute approximate surface area is 238 Å². The molecule has 11 nitrogen and oxygen atoms in total. The van der Waals surface area contributed by atoms with Gasteiger partial charge in [-0.2, -0.15) is 4.39 Å². The quantitative estimate of drug-likeness (QED) is 0.151. The standard InChI is InChI=1S/C22H33ClF2N3O8PS2/c1-12(2)35-17(30)13(3)27-37(38,33-7-8-39-19(31)21(4,5)6)34-11-14-9-22(23,25)18(36-14)28-10-15(24)16(29)26-20(28)32/h10,12-14,18H,7-9,11H2,1-6H3,(H,27,38)(H,26,29,32). The number of aromatic nitrogens is 2. The van der Waals surface area contributed by atoms with Gasteiger partial charge in [0.15, 0.2) is 11.3 Å². The van der Waals surface area contributed by atoms with Crippen LogP contribution in [0.3, 0.4) is 0 Å². The highest BCUT2D eigenvalue weighted by Gasteiger charge is 2.50. The van der Waals surface area contributed by atoms with Crippen LogP contribution in [-0.4, -0.2) is 63.0 Å². The number of ether oxygens (including phenoxy) is 2. The van der Waals surface area contributed by atoms with Gasteiger partial charge in [-0.3, -0.25) is 23.9 Å². The van der Waals surface area contributed by atoms with Crippen LogP contribution in [0.5, 0.6) is 0 Å². The minimum absolute atomic E-state index is 0.00847. The van der Waals surface area contributed by atoms with E-state index in [1.165, 1.54) is 6.92 Å². The van der Waals surface area contributed by atoms with Crippen LogP contribution in [0.1, 0.15) is 54.2 Å². The van der Waals surface area contributed by atoms with E-state index in [2.05, 4.69) is 5.09 Å². The Kier molecular flexibility index (Phi) is 11.9. The normalized spacial score (nSPS) is 23.9. The molecule has 0 aromatic carbocycles. The number of aromatic amines is 1. The molecule has 222 valence electrons. The van der Waals surface area contributed by atoms with Crippen molar-refractivity contribution in [3.63, 3.8) is 0 Å². The summed E-state index contributed by atoms with van der Waals surface area (Å²) in [6.07, 6.45) is -3.21. The van der Waals surface area contributed by atoms with Crippen LogP contribution in [0.25, 0.3) is 0 Å². The number of nitrogens with zero attached hydrogens (tertiary/aromatic N) is 1. The van der Waals surface area contributed by atoms with Gasteiger partial charge in [-0.05, 0) is 32.6 Å². The lowest BCUT2D eigenvalue weighted by molar-refractivity contribution is -0.149. The molecule has 5 unspecified atom stereocenters. The first-order chi connectivity index (χ1) is 17.8. The Bertz CT molecular complexity index is 1210. The Morgan fingerprint density at radius 2 is 2.00 bits per heavy atom. The number of carbonyl (C=O) groups excluding carboxylic acids is 2. The molecule has 5 atom stereocenters. The van der Waals surface area contributed by atoms with E-state index < -0.39 is 65.0 Å². The molecule has 2 heterocycles. The van der Waals surface area contributed by atoms with Crippen LogP contribution in [0.4, 0.5) is 8.78 Å². The van der Waals surface area contributed by atoms with E-state index in [0.717, 1.165) is 11.8 Å². The average molecular weight is 636 g/mol. The molecule has 0 amide bonds. The first-order valence-electron chi connectivity index (χ1n) is 11.9. The van der Waals surface area contributed by atoms with Gasteiger partial charge >= 0.3 is 11.7 Å². The van der Waals surface area contributed by atoms with Crippen LogP contribution in [-0.2, 0) is 39.9 Å². The first-order valence-corrected chi connectivity index (χ1v) is 15.9. The predicted molar refractivity (Wildman–Crippen MR) is 146 cm³/mol. The molecule has 2 N–H and O–H groups in total. The van der Waals surface area contributed by atoms with E-state index in [-0.39, 0.29) is 30.2 Å². The van der Waals surface area contributed by atoms with Gasteiger partial charge in [-0.25, -0.2) is 14.3 Å². The van der Waals surface area contributed by atoms with Crippen molar-refractivity contribution in [1.29, 1.82) is 0 Å². The number of hydrogen-bond donors (Lipinski definition) is 2. The summed E-state index contributed by atoms with van der Waals surface area (Å²) in [6.45, 7) is 6.38. The third-order valence-corrected chi connectivity index (χ3v) is 9.29. The second kappa shape index (κ2) is 13.6. The molecule has 0 aliphatic carbocycles. The second-order valence-electron chi connectivity index (χ2n) is 10.1. The van der Waals surface area contributed by atoms with Gasteiger partial charge in [0.05, 0.1) is 31.6 Å². The summed E-state index contributed by atoms with van der Waals surface area (Å²) in [5.74, 6) is -1.69. The van der Waals surface area contributed by atoms with Crippen molar-refractivity contribution >= 4 is 52.9 Å². The molecule has 1 saturated heterocycles. The summed E-state index contributed by atoms with van der Waals surface area (Å²) in [5, 5.41) is 0.105. The zero-order valence-corrected chi connectivity index (χ0v) is 25.6. The molecule has 0 spiro atoms. The Hall–Kier alpha value is -1.19. The summed E-state index contributed by atoms with van der Waals surface area (Å²) in [6, 6.07) is -0.935. The van der Waals surface area contributed by atoms with Gasteiger partial charge in [0.1, 0.15) is 6.04 Å². The van der Waals surface area contributed by atoms with Gasteiger partial charge < -0.3 is 18.5 Å². The van der Waals surface area contributed by atoms with Crippen molar-refractivity contribution in [3.8, 4) is 0 Å². The lowest BCUT2D eigenvalue weighted by Gasteiger charge is -2.27. The molecule has 1 aliphatic rings. The zero-order valence-electron chi connectivity index (χ0n) is 22.3. The lowest BCUT2D eigenvalue weighted by atomic mass is 10.00. The monoisotopic (exact) mass is 635 g/mol. The smallest absolute Gasteiger partial charge is 0.330 e. The van der Waals surface area contributed by atoms with Crippen molar-refractivity contribution < 1.29 is 36.9 Å². The van der Waals surface area contributed by atoms with Gasteiger partial charge in [0, 0.05) is 17.6 Å². The highest BCUT2D eigenvalue weighted by atomic mass is 35.5. The van der Waals surface area contributed by atoms with E-state index in [0.29, 0.717) is 10.8 Å². The van der Waals surface area contributed by atoms with Crippen LogP contribution in [0, 0.1) is 11.2 Å². The second-order valence-corrected chi connectivity index (χ2v) is 15.0. The topological polar surface area (TPSA) is 138 Å². The fraction of sp³-hybridized carbons (Fsp3) is 0.727. The average Bonchev–Trinajstić information content (AvgIpc) is 3.10. The zero-order chi connectivity index (χ0) is 29.8. The van der Waals surface area contributed by atoms with Crippen LogP contribution < -0.4 is 16.3 Å². The van der Waals surface area contributed by atoms with Gasteiger partial charge in [-0.15, -0.1) is 0 Å². The van der Waals surface area contributed by atoms with Gasteiger partial charge in [0.2, 0.25) is 10.9 Å². The fourth-order valence-corrected chi connectivity index (χ4v) is 6.78. The van der Waals surface area contributed by atoms with E-state index in [4.69, 9.17) is 41.9 Å². The summed E-state index contributed by atoms with van der Waals surface area (Å²) < 4.78 is 51.7. The predicted octanol–water partition coefficient (Wildman–Crippen LogP) is 3.36. The SMILES string of the molecule is CC(C)OC(=O)C(C)NP(=S)(OCCSC(=O)C(C)(C)C)OCC1CC(F)(Cl)C(n2cc(F)c(=O)[nH]c2=O)O1. The molecule has 2 rings (SSSR count). The minimum Gasteiger partial charge on any atom is -0.462 e. The third kappa shape index (κ3) is 9.99. The van der Waals surface area contributed by atoms with E-state index >= 15 is 4.39 Å². The maximum absolute atomic E-state index is 15.2. The number of carbonyl (C=O) groups is 2. The van der Waals surface area contributed by atoms with Gasteiger partial charge in [0.25, 0.3) is 12.2 Å². The number of H-pyrrole nitrogens is 1. The Balaban J connectivity index is 2.13. The number of thioether (sulfide) groups is 1. The fourth-order valence-electron chi connectivity index (χ4n) is 3.16. The van der Waals surface area contributed by atoms with Crippen molar-refractivity contribution in [2.24, 2.45) is 5.41 Å². The third-order valence-electron chi connectivity index (χ3n) is 5.04. The molecule has 0 radical (unpaired) electrons. The largest absolute Gasteiger partial charge is 0.462 e. The van der Waals surface area contributed by atoms with Crippen molar-refractivity contribution in [2.45, 2.75) is 77.6 Å². The molecule has 17 heteroatoms. The molecule has 0 bridgehead atoms. The van der Waals surface area contributed by atoms with Crippen LogP contribution in [0.15, 0.2) is 15.8 Å². The summed E-state index contributed by atoms with van der Waals surface area (Å²) in [7, 11) is 0. The van der Waals surface area contributed by atoms with Crippen LogP contribution >= 0.6 is 30.0 Å². The molecular weight excluding hydrogens is 603 g/mol. The van der Waals surface area contributed by atoms with Crippen molar-refractivity contribution in [2.75, 3.05) is 19.0 Å². The maximum Gasteiger partial charge on any atom is 0.330 e.